The predicted molar refractivity (Wildman–Crippen MR) is 102 cm³/mol. The standard InChI is InChI=1S/C19H20BrClN2O3/c1-8-13(6-5-12(20)16(8)21)22-17(24)9(2)23-18(25)14-10-3-4-11(7-10)15(14)19(23)26/h5-6,9-11,14-15H,3-4,7H2,1-2H3,(H,22,24)/t9-,10-,11-,14+,15+/m0/s1. The van der Waals surface area contributed by atoms with Gasteiger partial charge in [0, 0.05) is 10.2 Å². The van der Waals surface area contributed by atoms with E-state index in [0.29, 0.717) is 22.5 Å². The zero-order valence-electron chi connectivity index (χ0n) is 14.6. The third-order valence-electron chi connectivity index (χ3n) is 6.33. The number of nitrogens with one attached hydrogen (secondary N) is 1. The maximum Gasteiger partial charge on any atom is 0.247 e. The number of carbonyl (C=O) groups is 3. The topological polar surface area (TPSA) is 66.5 Å². The SMILES string of the molecule is Cc1c(NC(=O)[C@H](C)N2C(=O)[C@@H]3[C@H]4CC[C@@H](C4)[C@H]3C2=O)ccc(Br)c1Cl. The number of likely N-dealkylation sites (tertiary alicyclic amines) is 1. The van der Waals surface area contributed by atoms with Crippen molar-refractivity contribution in [2.45, 2.75) is 39.2 Å². The minimum atomic E-state index is -0.832. The van der Waals surface area contributed by atoms with Gasteiger partial charge in [-0.3, -0.25) is 19.3 Å². The highest BCUT2D eigenvalue weighted by atomic mass is 79.9. The van der Waals surface area contributed by atoms with Crippen LogP contribution >= 0.6 is 27.5 Å². The number of halogens is 2. The number of imide groups is 1. The molecule has 4 rings (SSSR count). The Hall–Kier alpha value is -1.40. The van der Waals surface area contributed by atoms with Gasteiger partial charge in [-0.05, 0) is 78.6 Å². The molecule has 0 radical (unpaired) electrons. The molecule has 1 aromatic carbocycles. The van der Waals surface area contributed by atoms with Crippen LogP contribution in [0, 0.1) is 30.6 Å². The number of hydrogen-bond acceptors (Lipinski definition) is 3. The molecule has 138 valence electrons. The molecule has 1 saturated heterocycles. The molecule has 1 N–H and O–H groups in total. The van der Waals surface area contributed by atoms with Crippen molar-refractivity contribution in [2.75, 3.05) is 5.32 Å². The lowest BCUT2D eigenvalue weighted by Crippen LogP contribution is -2.46. The van der Waals surface area contributed by atoms with Crippen LogP contribution in [0.5, 0.6) is 0 Å². The van der Waals surface area contributed by atoms with Gasteiger partial charge in [0.15, 0.2) is 0 Å². The van der Waals surface area contributed by atoms with Crippen LogP contribution in [-0.4, -0.2) is 28.7 Å². The Morgan fingerprint density at radius 3 is 2.38 bits per heavy atom. The van der Waals surface area contributed by atoms with Gasteiger partial charge in [0.1, 0.15) is 6.04 Å². The van der Waals surface area contributed by atoms with Gasteiger partial charge in [-0.2, -0.15) is 0 Å². The Bertz CT molecular complexity index is 799. The van der Waals surface area contributed by atoms with E-state index in [1.807, 2.05) is 6.92 Å². The van der Waals surface area contributed by atoms with E-state index in [9.17, 15) is 14.4 Å². The Morgan fingerprint density at radius 1 is 1.23 bits per heavy atom. The molecule has 1 heterocycles. The monoisotopic (exact) mass is 438 g/mol. The van der Waals surface area contributed by atoms with E-state index in [2.05, 4.69) is 21.2 Å². The van der Waals surface area contributed by atoms with Crippen LogP contribution in [0.1, 0.15) is 31.7 Å². The minimum Gasteiger partial charge on any atom is -0.324 e. The van der Waals surface area contributed by atoms with E-state index in [-0.39, 0.29) is 29.6 Å². The van der Waals surface area contributed by atoms with Crippen LogP contribution < -0.4 is 5.32 Å². The first-order valence-electron chi connectivity index (χ1n) is 8.93. The van der Waals surface area contributed by atoms with Gasteiger partial charge in [0.05, 0.1) is 16.9 Å². The van der Waals surface area contributed by atoms with Gasteiger partial charge < -0.3 is 5.32 Å². The molecule has 2 saturated carbocycles. The highest BCUT2D eigenvalue weighted by Gasteiger charge is 2.62. The molecule has 0 aromatic heterocycles. The summed E-state index contributed by atoms with van der Waals surface area (Å²) >= 11 is 9.55. The van der Waals surface area contributed by atoms with Gasteiger partial charge in [0.25, 0.3) is 0 Å². The van der Waals surface area contributed by atoms with Gasteiger partial charge in [-0.15, -0.1) is 0 Å². The third-order valence-corrected chi connectivity index (χ3v) is 7.70. The Balaban J connectivity index is 1.54. The minimum absolute atomic E-state index is 0.166. The van der Waals surface area contributed by atoms with Gasteiger partial charge in [0.2, 0.25) is 17.7 Å². The normalized spacial score (nSPS) is 30.7. The second kappa shape index (κ2) is 6.34. The maximum absolute atomic E-state index is 12.8. The highest BCUT2D eigenvalue weighted by molar-refractivity contribution is 9.10. The van der Waals surface area contributed by atoms with Crippen LogP contribution in [0.15, 0.2) is 16.6 Å². The molecule has 2 bridgehead atoms. The quantitative estimate of drug-likeness (QED) is 0.729. The molecule has 3 aliphatic rings. The van der Waals surface area contributed by atoms with Crippen LogP contribution in [0.3, 0.4) is 0 Å². The molecular weight excluding hydrogens is 420 g/mol. The summed E-state index contributed by atoms with van der Waals surface area (Å²) in [6, 6.07) is 2.67. The van der Waals surface area contributed by atoms with Crippen molar-refractivity contribution in [3.05, 3.63) is 27.2 Å². The molecule has 3 fully saturated rings. The van der Waals surface area contributed by atoms with E-state index in [4.69, 9.17) is 11.6 Å². The summed E-state index contributed by atoms with van der Waals surface area (Å²) in [5.74, 6) is -0.495. The number of nitrogens with zero attached hydrogens (tertiary/aromatic N) is 1. The molecule has 7 heteroatoms. The number of fused-ring (bicyclic) bond motifs is 5. The first-order valence-corrected chi connectivity index (χ1v) is 10.1. The second-order valence-electron chi connectivity index (χ2n) is 7.63. The molecular formula is C19H20BrClN2O3. The fraction of sp³-hybridized carbons (Fsp3) is 0.526. The van der Waals surface area contributed by atoms with Crippen LogP contribution in [0.2, 0.25) is 5.02 Å². The van der Waals surface area contributed by atoms with Crippen molar-refractivity contribution in [3.8, 4) is 0 Å². The summed E-state index contributed by atoms with van der Waals surface area (Å²) in [6.45, 7) is 3.42. The van der Waals surface area contributed by atoms with Crippen molar-refractivity contribution < 1.29 is 14.4 Å². The zero-order valence-corrected chi connectivity index (χ0v) is 16.9. The average Bonchev–Trinajstić information content (AvgIpc) is 3.29. The van der Waals surface area contributed by atoms with Gasteiger partial charge >= 0.3 is 0 Å². The summed E-state index contributed by atoms with van der Waals surface area (Å²) in [5, 5.41) is 3.33. The van der Waals surface area contributed by atoms with Crippen molar-refractivity contribution in [3.63, 3.8) is 0 Å². The lowest BCUT2D eigenvalue weighted by Gasteiger charge is -2.24. The molecule has 1 aromatic rings. The first kappa shape index (κ1) is 18.0. The molecule has 5 nitrogen and oxygen atoms in total. The summed E-state index contributed by atoms with van der Waals surface area (Å²) < 4.78 is 0.746. The number of rotatable bonds is 3. The number of anilines is 1. The average molecular weight is 440 g/mol. The molecule has 5 atom stereocenters. The van der Waals surface area contributed by atoms with Crippen molar-refractivity contribution in [2.24, 2.45) is 23.7 Å². The molecule has 3 amide bonds. The zero-order chi connectivity index (χ0) is 18.7. The Morgan fingerprint density at radius 2 is 1.81 bits per heavy atom. The van der Waals surface area contributed by atoms with Gasteiger partial charge in [-0.25, -0.2) is 0 Å². The summed E-state index contributed by atoms with van der Waals surface area (Å²) in [4.78, 5) is 39.6. The van der Waals surface area contributed by atoms with E-state index >= 15 is 0 Å². The van der Waals surface area contributed by atoms with E-state index in [0.717, 1.165) is 29.3 Å². The van der Waals surface area contributed by atoms with Crippen LogP contribution in [-0.2, 0) is 14.4 Å². The van der Waals surface area contributed by atoms with Crippen LogP contribution in [0.4, 0.5) is 5.69 Å². The summed E-state index contributed by atoms with van der Waals surface area (Å²) in [5.41, 5.74) is 1.31. The van der Waals surface area contributed by atoms with Crippen LogP contribution in [0.25, 0.3) is 0 Å². The fourth-order valence-corrected chi connectivity index (χ4v) is 5.55. The lowest BCUT2D eigenvalue weighted by molar-refractivity contribution is -0.146. The fourth-order valence-electron chi connectivity index (χ4n) is 4.96. The van der Waals surface area contributed by atoms with Crippen molar-refractivity contribution in [1.29, 1.82) is 0 Å². The highest BCUT2D eigenvalue weighted by Crippen LogP contribution is 2.56. The number of carbonyl (C=O) groups excluding carboxylic acids is 3. The van der Waals surface area contributed by atoms with E-state index in [1.165, 1.54) is 4.90 Å². The smallest absolute Gasteiger partial charge is 0.247 e. The van der Waals surface area contributed by atoms with Crippen molar-refractivity contribution >= 4 is 50.9 Å². The number of amides is 3. The summed E-state index contributed by atoms with van der Waals surface area (Å²) in [6.07, 6.45) is 3.03. The van der Waals surface area contributed by atoms with E-state index < -0.39 is 6.04 Å². The third kappa shape index (κ3) is 2.53. The largest absolute Gasteiger partial charge is 0.324 e. The maximum atomic E-state index is 12.8. The van der Waals surface area contributed by atoms with E-state index in [1.54, 1.807) is 19.1 Å². The van der Waals surface area contributed by atoms with Gasteiger partial charge in [-0.1, -0.05) is 11.6 Å². The Kier molecular flexibility index (Phi) is 4.39. The molecule has 2 aliphatic carbocycles. The molecule has 26 heavy (non-hydrogen) atoms. The number of hydrogen-bond donors (Lipinski definition) is 1. The first-order chi connectivity index (χ1) is 12.3. The molecule has 1 aliphatic heterocycles. The van der Waals surface area contributed by atoms with Crippen molar-refractivity contribution in [1.82, 2.24) is 4.90 Å². The number of benzene rings is 1. The molecule has 0 spiro atoms. The lowest BCUT2D eigenvalue weighted by atomic mass is 9.81. The second-order valence-corrected chi connectivity index (χ2v) is 8.86. The predicted octanol–water partition coefficient (Wildman–Crippen LogP) is 3.77. The Labute approximate surface area is 165 Å². The summed E-state index contributed by atoms with van der Waals surface area (Å²) in [7, 11) is 0. The molecule has 0 unspecified atom stereocenters.